The molecule has 8 nitrogen and oxygen atoms in total. The largest absolute Gasteiger partial charge is 0.508 e. The Morgan fingerprint density at radius 1 is 1.13 bits per heavy atom. The minimum atomic E-state index is -0.935. The van der Waals surface area contributed by atoms with Gasteiger partial charge in [0.25, 0.3) is 0 Å². The zero-order valence-electron chi connectivity index (χ0n) is 25.0. The molecule has 0 radical (unpaired) electrons. The lowest BCUT2D eigenvalue weighted by Crippen LogP contribution is -2.44. The molecule has 2 bridgehead atoms. The third-order valence-corrected chi connectivity index (χ3v) is 10.6. The van der Waals surface area contributed by atoms with Gasteiger partial charge in [-0.05, 0) is 67.6 Å². The molecule has 3 aliphatic heterocycles. The first-order valence-electron chi connectivity index (χ1n) is 15.7. The molecule has 234 valence electrons. The number of benzene rings is 2. The van der Waals surface area contributed by atoms with Crippen molar-refractivity contribution >= 4 is 27.5 Å². The first-order valence-corrected chi connectivity index (χ1v) is 15.7. The topological polar surface area (TPSA) is 98.4 Å². The fourth-order valence-electron chi connectivity index (χ4n) is 8.52. The lowest BCUT2D eigenvalue weighted by atomic mass is 9.86. The van der Waals surface area contributed by atoms with Gasteiger partial charge in [0.15, 0.2) is 5.82 Å². The second kappa shape index (κ2) is 10.7. The third kappa shape index (κ3) is 4.44. The number of phenolic OH excluding ortho intramolecular Hbond substituents is 1. The van der Waals surface area contributed by atoms with Crippen LogP contribution in [-0.4, -0.2) is 69.5 Å². The van der Waals surface area contributed by atoms with Gasteiger partial charge in [-0.2, -0.15) is 15.2 Å². The maximum Gasteiger partial charge on any atom is 0.319 e. The molecule has 3 saturated heterocycles. The number of fused-ring (bicyclic) bond motifs is 5. The normalized spacial score (nSPS) is 27.2. The number of piperidine rings is 1. The first-order chi connectivity index (χ1) is 22.3. The predicted molar refractivity (Wildman–Crippen MR) is 166 cm³/mol. The second-order valence-corrected chi connectivity index (χ2v) is 13.2. The quantitative estimate of drug-likeness (QED) is 0.281. The Labute approximate surface area is 263 Å². The summed E-state index contributed by atoms with van der Waals surface area (Å²) in [6.07, 6.45) is 10.2. The molecule has 4 aromatic rings. The Bertz CT molecular complexity index is 1980. The van der Waals surface area contributed by atoms with Crippen LogP contribution in [0.3, 0.4) is 0 Å². The van der Waals surface area contributed by atoms with E-state index in [2.05, 4.69) is 31.8 Å². The summed E-state index contributed by atoms with van der Waals surface area (Å²) in [7, 11) is 0. The van der Waals surface area contributed by atoms with E-state index in [-0.39, 0.29) is 63.8 Å². The van der Waals surface area contributed by atoms with E-state index in [0.717, 1.165) is 32.2 Å². The van der Waals surface area contributed by atoms with Crippen LogP contribution in [0, 0.1) is 53.1 Å². The molecular weight excluding hydrogens is 593 g/mol. The van der Waals surface area contributed by atoms with Gasteiger partial charge in [-0.3, -0.25) is 9.88 Å². The number of aromatic hydroxyl groups is 1. The summed E-state index contributed by atoms with van der Waals surface area (Å²) in [6, 6.07) is 7.86. The molecule has 1 aliphatic carbocycles. The number of nitriles is 1. The summed E-state index contributed by atoms with van der Waals surface area (Å²) in [5.74, 6) is 1.50. The smallest absolute Gasteiger partial charge is 0.319 e. The van der Waals surface area contributed by atoms with E-state index in [1.807, 2.05) is 0 Å². The minimum absolute atomic E-state index is 0.0326. The summed E-state index contributed by atoms with van der Waals surface area (Å²) >= 11 is 0. The molecule has 0 amide bonds. The van der Waals surface area contributed by atoms with Crippen molar-refractivity contribution in [1.29, 1.82) is 5.26 Å². The van der Waals surface area contributed by atoms with Crippen LogP contribution in [0.4, 0.5) is 19.0 Å². The molecule has 46 heavy (non-hydrogen) atoms. The van der Waals surface area contributed by atoms with Crippen molar-refractivity contribution in [2.24, 2.45) is 17.8 Å². The number of pyridine rings is 1. The molecule has 8 rings (SSSR count). The highest BCUT2D eigenvalue weighted by Crippen LogP contribution is 2.45. The van der Waals surface area contributed by atoms with E-state index in [1.54, 1.807) is 0 Å². The van der Waals surface area contributed by atoms with Crippen LogP contribution in [0.1, 0.15) is 37.7 Å². The molecule has 0 spiro atoms. The van der Waals surface area contributed by atoms with E-state index in [4.69, 9.17) is 16.1 Å². The SMILES string of the molecule is C#Cc1c(F)ccc2cc(O)cc(-c3ncc4c(N5CC6CCC(C5)C6C#N)nc(OC[C@@]56CCCN5C[C@H](F)C6)nc4c3F)c12. The van der Waals surface area contributed by atoms with Gasteiger partial charge in [0.1, 0.15) is 41.4 Å². The summed E-state index contributed by atoms with van der Waals surface area (Å²) in [6.45, 7) is 2.49. The molecule has 11 heteroatoms. The van der Waals surface area contributed by atoms with Gasteiger partial charge in [0, 0.05) is 43.2 Å². The highest BCUT2D eigenvalue weighted by atomic mass is 19.1. The van der Waals surface area contributed by atoms with Gasteiger partial charge in [0.05, 0.1) is 28.5 Å². The molecule has 4 atom stereocenters. The molecule has 4 fully saturated rings. The lowest BCUT2D eigenvalue weighted by molar-refractivity contribution is 0.107. The van der Waals surface area contributed by atoms with Crippen molar-refractivity contribution in [1.82, 2.24) is 19.9 Å². The minimum Gasteiger partial charge on any atom is -0.508 e. The maximum atomic E-state index is 16.8. The number of nitrogens with zero attached hydrogens (tertiary/aromatic N) is 6. The molecule has 2 unspecified atom stereocenters. The van der Waals surface area contributed by atoms with Crippen molar-refractivity contribution in [2.75, 3.05) is 37.7 Å². The number of ether oxygens (including phenoxy) is 1. The summed E-state index contributed by atoms with van der Waals surface area (Å²) in [5, 5.41) is 21.3. The van der Waals surface area contributed by atoms with Crippen molar-refractivity contribution in [3.8, 4) is 41.4 Å². The molecular formula is C35H31F3N6O2. The number of anilines is 1. The zero-order valence-corrected chi connectivity index (χ0v) is 25.0. The van der Waals surface area contributed by atoms with Crippen LogP contribution >= 0.6 is 0 Å². The van der Waals surface area contributed by atoms with Gasteiger partial charge in [0.2, 0.25) is 0 Å². The number of terminal acetylenes is 1. The van der Waals surface area contributed by atoms with Gasteiger partial charge < -0.3 is 14.7 Å². The Kier molecular flexibility index (Phi) is 6.73. The Morgan fingerprint density at radius 2 is 1.93 bits per heavy atom. The Hall–Kier alpha value is -4.61. The average molecular weight is 625 g/mol. The lowest BCUT2D eigenvalue weighted by Gasteiger charge is -2.36. The van der Waals surface area contributed by atoms with Crippen LogP contribution in [0.5, 0.6) is 11.8 Å². The highest BCUT2D eigenvalue weighted by molar-refractivity contribution is 6.03. The fourth-order valence-corrected chi connectivity index (χ4v) is 8.52. The monoisotopic (exact) mass is 624 g/mol. The summed E-state index contributed by atoms with van der Waals surface area (Å²) in [5.41, 5.74) is -0.616. The summed E-state index contributed by atoms with van der Waals surface area (Å²) in [4.78, 5) is 18.0. The number of aromatic nitrogens is 3. The van der Waals surface area contributed by atoms with Crippen LogP contribution in [-0.2, 0) is 0 Å². The number of halogens is 3. The Morgan fingerprint density at radius 3 is 2.70 bits per heavy atom. The first kappa shape index (κ1) is 28.8. The molecule has 4 aliphatic rings. The van der Waals surface area contributed by atoms with Crippen LogP contribution in [0.2, 0.25) is 0 Å². The van der Waals surface area contributed by atoms with E-state index in [0.29, 0.717) is 42.6 Å². The van der Waals surface area contributed by atoms with Crippen LogP contribution in [0.25, 0.3) is 32.9 Å². The molecule has 1 N–H and O–H groups in total. The van der Waals surface area contributed by atoms with Crippen molar-refractivity contribution in [3.05, 3.63) is 47.7 Å². The van der Waals surface area contributed by atoms with Gasteiger partial charge in [-0.15, -0.1) is 6.42 Å². The third-order valence-electron chi connectivity index (χ3n) is 10.6. The van der Waals surface area contributed by atoms with Crippen LogP contribution in [0.15, 0.2) is 30.5 Å². The van der Waals surface area contributed by atoms with Gasteiger partial charge >= 0.3 is 6.01 Å². The molecule has 2 aromatic carbocycles. The van der Waals surface area contributed by atoms with E-state index < -0.39 is 23.3 Å². The van der Waals surface area contributed by atoms with Crippen molar-refractivity contribution in [2.45, 2.75) is 43.8 Å². The number of phenols is 1. The fraction of sp³-hybridized carbons (Fsp3) is 0.429. The van der Waals surface area contributed by atoms with Crippen molar-refractivity contribution in [3.63, 3.8) is 0 Å². The number of rotatable bonds is 5. The van der Waals surface area contributed by atoms with E-state index in [1.165, 1.54) is 30.5 Å². The summed E-state index contributed by atoms with van der Waals surface area (Å²) < 4.78 is 52.3. The zero-order chi connectivity index (χ0) is 31.7. The molecule has 2 aromatic heterocycles. The predicted octanol–water partition coefficient (Wildman–Crippen LogP) is 5.75. The average Bonchev–Trinajstić information content (AvgIpc) is 3.65. The number of hydrogen-bond acceptors (Lipinski definition) is 8. The Balaban J connectivity index is 1.27. The van der Waals surface area contributed by atoms with E-state index >= 15 is 4.39 Å². The standard InChI is InChI=1S/C35H31F3N6O2/c1-2-24-28(37)7-6-19-10-23(45)11-25(29(19)24)31-30(38)32-27(14-40-31)33(43-15-20-4-5-21(16-43)26(20)13-39)42-34(41-32)46-18-35-8-3-9-44(35)17-22(36)12-35/h1,6-7,10-11,14,20-22,26,45H,3-5,8-9,12,15-18H2/t20?,21?,22-,26?,35+/m1/s1. The van der Waals surface area contributed by atoms with Gasteiger partial charge in [-0.25, -0.2) is 13.2 Å². The van der Waals surface area contributed by atoms with Crippen LogP contribution < -0.4 is 9.64 Å². The van der Waals surface area contributed by atoms with Gasteiger partial charge in [-0.1, -0.05) is 12.0 Å². The molecule has 1 saturated carbocycles. The number of hydrogen-bond donors (Lipinski definition) is 1. The maximum absolute atomic E-state index is 16.8. The molecule has 5 heterocycles. The highest BCUT2D eigenvalue weighted by Gasteiger charge is 2.49. The second-order valence-electron chi connectivity index (χ2n) is 13.2. The number of alkyl halides is 1. The van der Waals surface area contributed by atoms with E-state index in [9.17, 15) is 19.1 Å². The van der Waals surface area contributed by atoms with Crippen molar-refractivity contribution < 1.29 is 23.0 Å².